The summed E-state index contributed by atoms with van der Waals surface area (Å²) >= 11 is 0. The van der Waals surface area contributed by atoms with Crippen molar-refractivity contribution in [2.45, 2.75) is 32.2 Å². The molecule has 0 unspecified atom stereocenters. The molecule has 0 radical (unpaired) electrons. The molecular formula is C18H22N6O2. The first-order valence-electron chi connectivity index (χ1n) is 8.71. The normalized spacial score (nSPS) is 20.4. The molecule has 4 rings (SSSR count). The maximum Gasteiger partial charge on any atom is 0.164 e. The van der Waals surface area contributed by atoms with E-state index in [1.54, 1.807) is 23.3 Å². The third kappa shape index (κ3) is 3.02. The second-order valence-electron chi connectivity index (χ2n) is 6.81. The van der Waals surface area contributed by atoms with Gasteiger partial charge in [0.25, 0.3) is 0 Å². The molecule has 0 aliphatic carbocycles. The Labute approximate surface area is 151 Å². The van der Waals surface area contributed by atoms with Gasteiger partial charge in [0, 0.05) is 38.1 Å². The van der Waals surface area contributed by atoms with Gasteiger partial charge in [0.1, 0.15) is 11.9 Å². The molecular weight excluding hydrogens is 332 g/mol. The molecule has 3 aromatic rings. The summed E-state index contributed by atoms with van der Waals surface area (Å²) < 4.78 is 7.58. The van der Waals surface area contributed by atoms with Crippen LogP contribution in [-0.4, -0.2) is 61.2 Å². The summed E-state index contributed by atoms with van der Waals surface area (Å²) in [6.07, 6.45) is 4.48. The van der Waals surface area contributed by atoms with Crippen LogP contribution in [0.15, 0.2) is 30.7 Å². The maximum atomic E-state index is 10.4. The summed E-state index contributed by atoms with van der Waals surface area (Å²) in [6, 6.07) is 3.76. The van der Waals surface area contributed by atoms with Crippen molar-refractivity contribution in [1.82, 2.24) is 24.7 Å². The molecule has 1 aliphatic heterocycles. The van der Waals surface area contributed by atoms with E-state index in [4.69, 9.17) is 9.72 Å². The summed E-state index contributed by atoms with van der Waals surface area (Å²) in [6.45, 7) is 4.99. The monoisotopic (exact) mass is 354 g/mol. The van der Waals surface area contributed by atoms with Crippen molar-refractivity contribution in [3.63, 3.8) is 0 Å². The molecule has 2 atom stereocenters. The zero-order valence-corrected chi connectivity index (χ0v) is 15.1. The van der Waals surface area contributed by atoms with E-state index in [2.05, 4.69) is 15.1 Å². The third-order valence-corrected chi connectivity index (χ3v) is 4.49. The van der Waals surface area contributed by atoms with Gasteiger partial charge < -0.3 is 14.7 Å². The Morgan fingerprint density at radius 1 is 1.19 bits per heavy atom. The fraction of sp³-hybridized carbons (Fsp3) is 0.444. The Balaban J connectivity index is 1.77. The number of nitrogens with zero attached hydrogens (tertiary/aromatic N) is 6. The van der Waals surface area contributed by atoms with E-state index in [0.29, 0.717) is 18.9 Å². The Kier molecular flexibility index (Phi) is 4.29. The van der Waals surface area contributed by atoms with E-state index in [-0.39, 0.29) is 12.2 Å². The van der Waals surface area contributed by atoms with E-state index < -0.39 is 6.10 Å². The molecule has 1 saturated heterocycles. The molecule has 1 aliphatic rings. The lowest BCUT2D eigenvalue weighted by molar-refractivity contribution is -0.0386. The molecule has 0 bridgehead atoms. The third-order valence-electron chi connectivity index (χ3n) is 4.49. The lowest BCUT2D eigenvalue weighted by Crippen LogP contribution is -2.29. The summed E-state index contributed by atoms with van der Waals surface area (Å²) in [7, 11) is 1.86. The predicted octanol–water partition coefficient (Wildman–Crippen LogP) is 1.40. The number of aliphatic hydroxyl groups excluding tert-OH is 1. The van der Waals surface area contributed by atoms with Crippen LogP contribution in [-0.2, 0) is 11.8 Å². The van der Waals surface area contributed by atoms with Crippen LogP contribution in [0.4, 0.5) is 5.82 Å². The van der Waals surface area contributed by atoms with Crippen LogP contribution < -0.4 is 4.90 Å². The number of aliphatic hydroxyl groups is 1. The molecule has 4 heterocycles. The quantitative estimate of drug-likeness (QED) is 0.757. The first-order valence-corrected chi connectivity index (χ1v) is 8.71. The van der Waals surface area contributed by atoms with E-state index >= 15 is 0 Å². The molecule has 8 heteroatoms. The zero-order valence-electron chi connectivity index (χ0n) is 15.1. The SMILES string of the molecule is CC(C)O[C@@H]1CN(c2nc(-c3ccncc3)nc3c2cnn3C)C[C@H]1O. The van der Waals surface area contributed by atoms with E-state index in [0.717, 1.165) is 22.4 Å². The first-order chi connectivity index (χ1) is 12.5. The van der Waals surface area contributed by atoms with Gasteiger partial charge in [0.2, 0.25) is 0 Å². The molecule has 26 heavy (non-hydrogen) atoms. The van der Waals surface area contributed by atoms with Crippen molar-refractivity contribution in [3.05, 3.63) is 30.7 Å². The van der Waals surface area contributed by atoms with Gasteiger partial charge in [-0.05, 0) is 26.0 Å². The fourth-order valence-corrected chi connectivity index (χ4v) is 3.29. The summed E-state index contributed by atoms with van der Waals surface area (Å²) in [5.41, 5.74) is 1.64. The summed E-state index contributed by atoms with van der Waals surface area (Å²) in [5, 5.41) is 15.6. The lowest BCUT2D eigenvalue weighted by atomic mass is 10.2. The molecule has 0 saturated carbocycles. The van der Waals surface area contributed by atoms with Crippen molar-refractivity contribution in [1.29, 1.82) is 0 Å². The number of hydrogen-bond donors (Lipinski definition) is 1. The molecule has 136 valence electrons. The van der Waals surface area contributed by atoms with Crippen LogP contribution in [0.5, 0.6) is 0 Å². The highest BCUT2D eigenvalue weighted by molar-refractivity contribution is 5.88. The van der Waals surface area contributed by atoms with Gasteiger partial charge in [-0.2, -0.15) is 5.10 Å². The first kappa shape index (κ1) is 16.9. The molecule has 8 nitrogen and oxygen atoms in total. The van der Waals surface area contributed by atoms with Gasteiger partial charge in [0.15, 0.2) is 11.5 Å². The van der Waals surface area contributed by atoms with Crippen molar-refractivity contribution < 1.29 is 9.84 Å². The van der Waals surface area contributed by atoms with Crippen LogP contribution in [0.1, 0.15) is 13.8 Å². The highest BCUT2D eigenvalue weighted by atomic mass is 16.5. The number of aromatic nitrogens is 5. The highest BCUT2D eigenvalue weighted by Crippen LogP contribution is 2.30. The number of β-amino-alcohol motifs (C(OH)–C–C–N with tert-alkyl or cyclic N) is 1. The molecule has 0 aromatic carbocycles. The van der Waals surface area contributed by atoms with Crippen LogP contribution >= 0.6 is 0 Å². The smallest absolute Gasteiger partial charge is 0.164 e. The molecule has 3 aromatic heterocycles. The average Bonchev–Trinajstić information content (AvgIpc) is 3.18. The van der Waals surface area contributed by atoms with Crippen molar-refractivity contribution in [2.75, 3.05) is 18.0 Å². The van der Waals surface area contributed by atoms with Gasteiger partial charge in [-0.3, -0.25) is 9.67 Å². The number of ether oxygens (including phenoxy) is 1. The van der Waals surface area contributed by atoms with Gasteiger partial charge in [-0.25, -0.2) is 9.97 Å². The number of anilines is 1. The van der Waals surface area contributed by atoms with Crippen LogP contribution in [0.25, 0.3) is 22.4 Å². The average molecular weight is 354 g/mol. The minimum Gasteiger partial charge on any atom is -0.388 e. The number of pyridine rings is 1. The fourth-order valence-electron chi connectivity index (χ4n) is 3.29. The minimum absolute atomic E-state index is 0.0609. The van der Waals surface area contributed by atoms with E-state index in [9.17, 15) is 5.11 Å². The van der Waals surface area contributed by atoms with Crippen LogP contribution in [0, 0.1) is 0 Å². The van der Waals surface area contributed by atoms with Gasteiger partial charge in [-0.1, -0.05) is 0 Å². The topological polar surface area (TPSA) is 89.2 Å². The second-order valence-corrected chi connectivity index (χ2v) is 6.81. The van der Waals surface area contributed by atoms with E-state index in [1.807, 2.05) is 37.9 Å². The zero-order chi connectivity index (χ0) is 18.3. The maximum absolute atomic E-state index is 10.4. The molecule has 1 fully saturated rings. The number of aryl methyl sites for hydroxylation is 1. The predicted molar refractivity (Wildman–Crippen MR) is 97.8 cm³/mol. The lowest BCUT2D eigenvalue weighted by Gasteiger charge is -2.19. The summed E-state index contributed by atoms with van der Waals surface area (Å²) in [4.78, 5) is 15.6. The van der Waals surface area contributed by atoms with Crippen LogP contribution in [0.2, 0.25) is 0 Å². The van der Waals surface area contributed by atoms with Crippen molar-refractivity contribution >= 4 is 16.9 Å². The molecule has 0 amide bonds. The van der Waals surface area contributed by atoms with Crippen LogP contribution in [0.3, 0.4) is 0 Å². The van der Waals surface area contributed by atoms with Crippen molar-refractivity contribution in [2.24, 2.45) is 7.05 Å². The van der Waals surface area contributed by atoms with Gasteiger partial charge >= 0.3 is 0 Å². The number of hydrogen-bond acceptors (Lipinski definition) is 7. The Morgan fingerprint density at radius 3 is 2.69 bits per heavy atom. The Bertz CT molecular complexity index is 911. The number of fused-ring (bicyclic) bond motifs is 1. The largest absolute Gasteiger partial charge is 0.388 e. The van der Waals surface area contributed by atoms with Crippen molar-refractivity contribution in [3.8, 4) is 11.4 Å². The van der Waals surface area contributed by atoms with Gasteiger partial charge in [-0.15, -0.1) is 0 Å². The summed E-state index contributed by atoms with van der Waals surface area (Å²) in [5.74, 6) is 1.38. The highest BCUT2D eigenvalue weighted by Gasteiger charge is 2.34. The molecule has 1 N–H and O–H groups in total. The number of rotatable bonds is 4. The van der Waals surface area contributed by atoms with Gasteiger partial charge in [0.05, 0.1) is 23.8 Å². The Hall–Kier alpha value is -2.58. The Morgan fingerprint density at radius 2 is 1.96 bits per heavy atom. The minimum atomic E-state index is -0.552. The standard InChI is InChI=1S/C18H22N6O2/c1-11(2)26-15-10-24(9-14(15)25)18-13-8-20-23(3)17(13)21-16(22-18)12-4-6-19-7-5-12/h4-8,11,14-15,25H,9-10H2,1-3H3/t14-,15-/m1/s1. The second kappa shape index (κ2) is 6.62. The van der Waals surface area contributed by atoms with E-state index in [1.165, 1.54) is 0 Å². The molecule has 0 spiro atoms.